The fourth-order valence-electron chi connectivity index (χ4n) is 2.68. The normalized spacial score (nSPS) is 13.4. The Hall–Kier alpha value is -2.07. The second-order valence-corrected chi connectivity index (χ2v) is 6.03. The first-order valence-electron chi connectivity index (χ1n) is 6.87. The summed E-state index contributed by atoms with van der Waals surface area (Å²) in [5.74, 6) is 0.835. The lowest BCUT2D eigenvalue weighted by atomic mass is 10.0. The van der Waals surface area contributed by atoms with E-state index in [4.69, 9.17) is 4.98 Å². The molecule has 0 bridgehead atoms. The Morgan fingerprint density at radius 2 is 1.71 bits per heavy atom. The van der Waals surface area contributed by atoms with E-state index in [-0.39, 0.29) is 5.82 Å². The summed E-state index contributed by atoms with van der Waals surface area (Å²) in [6.45, 7) is 0.951. The molecule has 2 heterocycles. The molecule has 0 spiro atoms. The van der Waals surface area contributed by atoms with Gasteiger partial charge in [0.05, 0.1) is 11.4 Å². The molecule has 0 saturated carbocycles. The SMILES string of the molecule is Fc1ccc(-c2c(-c3ccccc3)nc3n2CCS3)cc1. The van der Waals surface area contributed by atoms with E-state index in [1.165, 1.54) is 12.1 Å². The van der Waals surface area contributed by atoms with Crippen LogP contribution in [0.1, 0.15) is 0 Å². The van der Waals surface area contributed by atoms with Crippen molar-refractivity contribution >= 4 is 11.8 Å². The van der Waals surface area contributed by atoms with E-state index in [1.54, 1.807) is 11.8 Å². The minimum Gasteiger partial charge on any atom is -0.318 e. The van der Waals surface area contributed by atoms with Gasteiger partial charge >= 0.3 is 0 Å². The van der Waals surface area contributed by atoms with E-state index in [0.29, 0.717) is 0 Å². The van der Waals surface area contributed by atoms with E-state index in [1.807, 2.05) is 30.3 Å². The van der Waals surface area contributed by atoms with Crippen LogP contribution < -0.4 is 0 Å². The highest BCUT2D eigenvalue weighted by atomic mass is 32.2. The molecule has 2 aromatic carbocycles. The number of hydrogen-bond acceptors (Lipinski definition) is 2. The summed E-state index contributed by atoms with van der Waals surface area (Å²) in [4.78, 5) is 4.79. The standard InChI is InChI=1S/C17H13FN2S/c18-14-8-6-13(7-9-14)16-15(12-4-2-1-3-5-12)19-17-20(16)10-11-21-17/h1-9H,10-11H2. The van der Waals surface area contributed by atoms with Gasteiger partial charge in [-0.15, -0.1) is 0 Å². The third-order valence-electron chi connectivity index (χ3n) is 3.64. The van der Waals surface area contributed by atoms with Crippen LogP contribution in [0.4, 0.5) is 4.39 Å². The van der Waals surface area contributed by atoms with Gasteiger partial charge < -0.3 is 4.57 Å². The molecule has 0 N–H and O–H groups in total. The van der Waals surface area contributed by atoms with Gasteiger partial charge in [0, 0.05) is 23.4 Å². The van der Waals surface area contributed by atoms with E-state index in [2.05, 4.69) is 16.7 Å². The van der Waals surface area contributed by atoms with Crippen molar-refractivity contribution in [2.45, 2.75) is 11.7 Å². The van der Waals surface area contributed by atoms with Crippen molar-refractivity contribution in [1.82, 2.24) is 9.55 Å². The highest BCUT2D eigenvalue weighted by molar-refractivity contribution is 7.99. The van der Waals surface area contributed by atoms with Gasteiger partial charge in [-0.25, -0.2) is 9.37 Å². The summed E-state index contributed by atoms with van der Waals surface area (Å²) in [5.41, 5.74) is 4.17. The van der Waals surface area contributed by atoms with Crippen LogP contribution in [-0.4, -0.2) is 15.3 Å². The van der Waals surface area contributed by atoms with Gasteiger partial charge in [-0.3, -0.25) is 0 Å². The number of rotatable bonds is 2. The van der Waals surface area contributed by atoms with E-state index >= 15 is 0 Å². The fraction of sp³-hybridized carbons (Fsp3) is 0.118. The van der Waals surface area contributed by atoms with Gasteiger partial charge in [0.25, 0.3) is 0 Å². The lowest BCUT2D eigenvalue weighted by molar-refractivity contribution is 0.628. The molecule has 3 aromatic rings. The molecule has 2 nitrogen and oxygen atoms in total. The smallest absolute Gasteiger partial charge is 0.169 e. The molecular weight excluding hydrogens is 283 g/mol. The van der Waals surface area contributed by atoms with Gasteiger partial charge in [-0.05, 0) is 24.3 Å². The Balaban J connectivity index is 1.94. The molecule has 0 fully saturated rings. The molecule has 4 rings (SSSR count). The van der Waals surface area contributed by atoms with Crippen molar-refractivity contribution in [3.05, 3.63) is 60.4 Å². The molecular formula is C17H13FN2S. The van der Waals surface area contributed by atoms with Crippen LogP contribution in [0.25, 0.3) is 22.5 Å². The molecule has 4 heteroatoms. The monoisotopic (exact) mass is 296 g/mol. The highest BCUT2D eigenvalue weighted by Gasteiger charge is 2.23. The summed E-state index contributed by atoms with van der Waals surface area (Å²) < 4.78 is 15.4. The van der Waals surface area contributed by atoms with Crippen LogP contribution >= 0.6 is 11.8 Å². The van der Waals surface area contributed by atoms with Crippen molar-refractivity contribution in [2.75, 3.05) is 5.75 Å². The van der Waals surface area contributed by atoms with Crippen LogP contribution in [0.15, 0.2) is 59.8 Å². The Labute approximate surface area is 126 Å². The Morgan fingerprint density at radius 1 is 0.952 bits per heavy atom. The predicted octanol–water partition coefficient (Wildman–Crippen LogP) is 4.46. The zero-order valence-corrected chi connectivity index (χ0v) is 12.1. The largest absolute Gasteiger partial charge is 0.318 e. The maximum atomic E-state index is 13.2. The summed E-state index contributed by atoms with van der Waals surface area (Å²) >= 11 is 1.77. The molecule has 104 valence electrons. The second-order valence-electron chi connectivity index (χ2n) is 4.96. The van der Waals surface area contributed by atoms with E-state index in [0.717, 1.165) is 40.0 Å². The number of nitrogens with zero attached hydrogens (tertiary/aromatic N) is 2. The van der Waals surface area contributed by atoms with Crippen molar-refractivity contribution in [3.63, 3.8) is 0 Å². The van der Waals surface area contributed by atoms with Gasteiger partial charge in [-0.1, -0.05) is 42.1 Å². The van der Waals surface area contributed by atoms with Crippen LogP contribution in [0.3, 0.4) is 0 Å². The minimum atomic E-state index is -0.212. The maximum absolute atomic E-state index is 13.2. The first kappa shape index (κ1) is 12.7. The summed E-state index contributed by atoms with van der Waals surface area (Å²) in [6, 6.07) is 16.8. The average Bonchev–Trinajstić information content (AvgIpc) is 3.10. The molecule has 21 heavy (non-hydrogen) atoms. The Morgan fingerprint density at radius 3 is 2.48 bits per heavy atom. The molecule has 1 aliphatic heterocycles. The fourth-order valence-corrected chi connectivity index (χ4v) is 3.63. The minimum absolute atomic E-state index is 0.212. The van der Waals surface area contributed by atoms with Gasteiger partial charge in [0.2, 0.25) is 0 Å². The van der Waals surface area contributed by atoms with E-state index < -0.39 is 0 Å². The lowest BCUT2D eigenvalue weighted by Gasteiger charge is -2.08. The first-order valence-corrected chi connectivity index (χ1v) is 7.86. The van der Waals surface area contributed by atoms with E-state index in [9.17, 15) is 4.39 Å². The number of benzene rings is 2. The Bertz CT molecular complexity index is 779. The van der Waals surface area contributed by atoms with Crippen molar-refractivity contribution in [1.29, 1.82) is 0 Å². The summed E-state index contributed by atoms with van der Waals surface area (Å²) in [5, 5.41) is 1.05. The molecule has 0 saturated heterocycles. The molecule has 0 unspecified atom stereocenters. The summed E-state index contributed by atoms with van der Waals surface area (Å²) in [6.07, 6.45) is 0. The third-order valence-corrected chi connectivity index (χ3v) is 4.60. The average molecular weight is 296 g/mol. The second kappa shape index (κ2) is 5.04. The molecule has 0 aliphatic carbocycles. The molecule has 0 atom stereocenters. The summed E-state index contributed by atoms with van der Waals surface area (Å²) in [7, 11) is 0. The molecule has 1 aromatic heterocycles. The van der Waals surface area contributed by atoms with Gasteiger partial charge in [0.15, 0.2) is 5.16 Å². The topological polar surface area (TPSA) is 17.8 Å². The number of fused-ring (bicyclic) bond motifs is 1. The number of aromatic nitrogens is 2. The van der Waals surface area contributed by atoms with Gasteiger partial charge in [0.1, 0.15) is 5.82 Å². The van der Waals surface area contributed by atoms with Crippen molar-refractivity contribution < 1.29 is 4.39 Å². The molecule has 0 amide bonds. The van der Waals surface area contributed by atoms with Crippen LogP contribution in [0, 0.1) is 5.82 Å². The number of hydrogen-bond donors (Lipinski definition) is 0. The van der Waals surface area contributed by atoms with Crippen molar-refractivity contribution in [3.8, 4) is 22.5 Å². The van der Waals surface area contributed by atoms with Crippen LogP contribution in [0.2, 0.25) is 0 Å². The van der Waals surface area contributed by atoms with Crippen LogP contribution in [0.5, 0.6) is 0 Å². The highest BCUT2D eigenvalue weighted by Crippen LogP contribution is 2.38. The lowest BCUT2D eigenvalue weighted by Crippen LogP contribution is -1.97. The number of thioether (sulfide) groups is 1. The van der Waals surface area contributed by atoms with Crippen LogP contribution in [-0.2, 0) is 6.54 Å². The molecule has 1 aliphatic rings. The molecule has 0 radical (unpaired) electrons. The van der Waals surface area contributed by atoms with Gasteiger partial charge in [-0.2, -0.15) is 0 Å². The van der Waals surface area contributed by atoms with Crippen molar-refractivity contribution in [2.24, 2.45) is 0 Å². The number of halogens is 1. The quantitative estimate of drug-likeness (QED) is 0.694. The first-order chi connectivity index (χ1) is 10.3. The number of imidazole rings is 1. The predicted molar refractivity (Wildman–Crippen MR) is 83.8 cm³/mol. The Kier molecular flexibility index (Phi) is 3.04. The third kappa shape index (κ3) is 2.16. The maximum Gasteiger partial charge on any atom is 0.169 e. The zero-order chi connectivity index (χ0) is 14.2. The zero-order valence-electron chi connectivity index (χ0n) is 11.3.